The van der Waals surface area contributed by atoms with E-state index >= 15 is 0 Å². The molecule has 1 atom stereocenters. The Kier molecular flexibility index (Phi) is 5.30. The molecule has 0 saturated carbocycles. The molecular formula is C22H24N2O4. The zero-order valence-electron chi connectivity index (χ0n) is 15.9. The second-order valence-corrected chi connectivity index (χ2v) is 7.16. The lowest BCUT2D eigenvalue weighted by Gasteiger charge is -2.16. The number of hydrogen-bond donors (Lipinski definition) is 1. The Bertz CT molecular complexity index is 890. The van der Waals surface area contributed by atoms with Crippen LogP contribution in [0.15, 0.2) is 42.5 Å². The van der Waals surface area contributed by atoms with Gasteiger partial charge in [-0.3, -0.25) is 9.59 Å². The number of nitrogens with one attached hydrogen (secondary N) is 1. The molecule has 146 valence electrons. The molecule has 2 heterocycles. The molecule has 6 heteroatoms. The van der Waals surface area contributed by atoms with Crippen molar-refractivity contribution in [3.8, 4) is 5.75 Å². The minimum absolute atomic E-state index is 0.0350. The van der Waals surface area contributed by atoms with Gasteiger partial charge in [0.2, 0.25) is 5.91 Å². The highest BCUT2D eigenvalue weighted by Gasteiger charge is 2.23. The predicted octanol–water partition coefficient (Wildman–Crippen LogP) is 3.41. The van der Waals surface area contributed by atoms with Crippen LogP contribution in [-0.4, -0.2) is 37.7 Å². The third-order valence-corrected chi connectivity index (χ3v) is 5.19. The number of carbonyl (C=O) groups excluding carboxylic acids is 2. The van der Waals surface area contributed by atoms with Crippen molar-refractivity contribution in [1.82, 2.24) is 0 Å². The molecule has 0 spiro atoms. The van der Waals surface area contributed by atoms with E-state index in [4.69, 9.17) is 9.47 Å². The summed E-state index contributed by atoms with van der Waals surface area (Å²) in [7, 11) is 0. The second kappa shape index (κ2) is 8.02. The van der Waals surface area contributed by atoms with Gasteiger partial charge < -0.3 is 19.7 Å². The lowest BCUT2D eigenvalue weighted by Crippen LogP contribution is -2.25. The zero-order chi connectivity index (χ0) is 19.5. The maximum absolute atomic E-state index is 12.8. The molecule has 2 amide bonds. The number of para-hydroxylation sites is 1. The van der Waals surface area contributed by atoms with Gasteiger partial charge in [0.15, 0.2) is 0 Å². The van der Waals surface area contributed by atoms with Gasteiger partial charge in [-0.15, -0.1) is 0 Å². The van der Waals surface area contributed by atoms with Crippen LogP contribution in [0, 0.1) is 0 Å². The van der Waals surface area contributed by atoms with Crippen molar-refractivity contribution in [3.05, 3.63) is 53.6 Å². The molecule has 0 aromatic heterocycles. The maximum atomic E-state index is 12.8. The first-order valence-corrected chi connectivity index (χ1v) is 9.67. The number of hydrogen-bond acceptors (Lipinski definition) is 4. The average Bonchev–Trinajstić information content (AvgIpc) is 3.36. The van der Waals surface area contributed by atoms with Crippen LogP contribution in [0.4, 0.5) is 11.4 Å². The van der Waals surface area contributed by atoms with E-state index in [1.165, 1.54) is 0 Å². The lowest BCUT2D eigenvalue weighted by molar-refractivity contribution is -0.116. The van der Waals surface area contributed by atoms with E-state index in [2.05, 4.69) is 5.32 Å². The first-order chi connectivity index (χ1) is 13.6. The molecule has 1 fully saturated rings. The zero-order valence-corrected chi connectivity index (χ0v) is 15.9. The summed E-state index contributed by atoms with van der Waals surface area (Å²) in [5.74, 6) is 0.372. The Morgan fingerprint density at radius 1 is 1.25 bits per heavy atom. The molecule has 1 saturated heterocycles. The minimum atomic E-state index is -0.218. The molecule has 6 nitrogen and oxygen atoms in total. The number of fused-ring (bicyclic) bond motifs is 1. The van der Waals surface area contributed by atoms with E-state index in [0.717, 1.165) is 37.1 Å². The van der Waals surface area contributed by atoms with E-state index in [1.54, 1.807) is 24.0 Å². The van der Waals surface area contributed by atoms with Gasteiger partial charge in [0, 0.05) is 31.5 Å². The van der Waals surface area contributed by atoms with Crippen molar-refractivity contribution in [2.45, 2.75) is 32.3 Å². The summed E-state index contributed by atoms with van der Waals surface area (Å²) in [6.07, 6.45) is 2.92. The quantitative estimate of drug-likeness (QED) is 0.863. The van der Waals surface area contributed by atoms with E-state index < -0.39 is 0 Å². The van der Waals surface area contributed by atoms with Crippen molar-refractivity contribution in [3.63, 3.8) is 0 Å². The summed E-state index contributed by atoms with van der Waals surface area (Å²) in [6.45, 7) is 3.47. The largest absolute Gasteiger partial charge is 0.490 e. The van der Waals surface area contributed by atoms with Crippen LogP contribution in [0.3, 0.4) is 0 Å². The minimum Gasteiger partial charge on any atom is -0.490 e. The second-order valence-electron chi connectivity index (χ2n) is 7.16. The topological polar surface area (TPSA) is 67.9 Å². The maximum Gasteiger partial charge on any atom is 0.259 e. The first kappa shape index (κ1) is 18.5. The Labute approximate surface area is 164 Å². The Hall–Kier alpha value is -2.86. The standard InChI is InChI=1S/C22H24N2O4/c1-15(25)24-11-10-16-13-17(8-9-20(16)24)23-22(26)19-6-2-3-7-21(19)28-14-18-5-4-12-27-18/h2-3,6-9,13,18H,4-5,10-12,14H2,1H3,(H,23,26)/t18-/m1/s1. The molecule has 2 aliphatic heterocycles. The molecule has 0 radical (unpaired) electrons. The fraction of sp³-hybridized carbons (Fsp3) is 0.364. The van der Waals surface area contributed by atoms with Crippen molar-refractivity contribution >= 4 is 23.2 Å². The fourth-order valence-electron chi connectivity index (χ4n) is 3.74. The molecule has 2 aromatic carbocycles. The van der Waals surface area contributed by atoms with Crippen molar-refractivity contribution < 1.29 is 19.1 Å². The van der Waals surface area contributed by atoms with Crippen molar-refractivity contribution in [2.75, 3.05) is 30.0 Å². The van der Waals surface area contributed by atoms with Gasteiger partial charge >= 0.3 is 0 Å². The number of nitrogens with zero attached hydrogens (tertiary/aromatic N) is 1. The summed E-state index contributed by atoms with van der Waals surface area (Å²) in [5, 5.41) is 2.95. The number of amides is 2. The van der Waals surface area contributed by atoms with Crippen LogP contribution in [0.1, 0.15) is 35.7 Å². The molecule has 2 aliphatic rings. The van der Waals surface area contributed by atoms with Gasteiger partial charge in [-0.2, -0.15) is 0 Å². The fourth-order valence-corrected chi connectivity index (χ4v) is 3.74. The Balaban J connectivity index is 1.46. The van der Waals surface area contributed by atoms with Crippen LogP contribution in [-0.2, 0) is 16.0 Å². The highest BCUT2D eigenvalue weighted by molar-refractivity contribution is 6.06. The van der Waals surface area contributed by atoms with E-state index in [-0.39, 0.29) is 17.9 Å². The summed E-state index contributed by atoms with van der Waals surface area (Å²) in [6, 6.07) is 12.9. The highest BCUT2D eigenvalue weighted by Crippen LogP contribution is 2.31. The van der Waals surface area contributed by atoms with Gasteiger partial charge in [-0.25, -0.2) is 0 Å². The van der Waals surface area contributed by atoms with Gasteiger partial charge in [-0.1, -0.05) is 12.1 Å². The number of benzene rings is 2. The summed E-state index contributed by atoms with van der Waals surface area (Å²) >= 11 is 0. The van der Waals surface area contributed by atoms with Gasteiger partial charge in [0.25, 0.3) is 5.91 Å². The molecule has 0 bridgehead atoms. The molecular weight excluding hydrogens is 356 g/mol. The third-order valence-electron chi connectivity index (χ3n) is 5.19. The SMILES string of the molecule is CC(=O)N1CCc2cc(NC(=O)c3ccccc3OC[C@H]3CCCO3)ccc21. The molecule has 0 unspecified atom stereocenters. The lowest BCUT2D eigenvalue weighted by atomic mass is 10.1. The van der Waals surface area contributed by atoms with Gasteiger partial charge in [0.1, 0.15) is 12.4 Å². The molecule has 4 rings (SSSR count). The Morgan fingerprint density at radius 3 is 2.89 bits per heavy atom. The number of carbonyl (C=O) groups is 2. The third kappa shape index (κ3) is 3.87. The first-order valence-electron chi connectivity index (χ1n) is 9.67. The Morgan fingerprint density at radius 2 is 2.11 bits per heavy atom. The van der Waals surface area contributed by atoms with E-state index in [0.29, 0.717) is 30.2 Å². The predicted molar refractivity (Wildman–Crippen MR) is 107 cm³/mol. The summed E-state index contributed by atoms with van der Waals surface area (Å²) < 4.78 is 11.4. The highest BCUT2D eigenvalue weighted by atomic mass is 16.5. The summed E-state index contributed by atoms with van der Waals surface area (Å²) in [5.41, 5.74) is 3.19. The van der Waals surface area contributed by atoms with Gasteiger partial charge in [0.05, 0.1) is 11.7 Å². The monoisotopic (exact) mass is 380 g/mol. The molecule has 0 aliphatic carbocycles. The molecule has 1 N–H and O–H groups in total. The number of anilines is 2. The molecule has 28 heavy (non-hydrogen) atoms. The number of ether oxygens (including phenoxy) is 2. The molecule has 2 aromatic rings. The average molecular weight is 380 g/mol. The van der Waals surface area contributed by atoms with Crippen LogP contribution >= 0.6 is 0 Å². The number of rotatable bonds is 5. The van der Waals surface area contributed by atoms with Crippen LogP contribution < -0.4 is 15.0 Å². The van der Waals surface area contributed by atoms with Crippen LogP contribution in [0.2, 0.25) is 0 Å². The smallest absolute Gasteiger partial charge is 0.259 e. The van der Waals surface area contributed by atoms with Crippen LogP contribution in [0.25, 0.3) is 0 Å². The van der Waals surface area contributed by atoms with Crippen molar-refractivity contribution in [1.29, 1.82) is 0 Å². The van der Waals surface area contributed by atoms with Gasteiger partial charge in [-0.05, 0) is 55.2 Å². The summed E-state index contributed by atoms with van der Waals surface area (Å²) in [4.78, 5) is 26.3. The normalized spacial score (nSPS) is 18.0. The van der Waals surface area contributed by atoms with E-state index in [1.807, 2.05) is 30.3 Å². The van der Waals surface area contributed by atoms with Crippen molar-refractivity contribution in [2.24, 2.45) is 0 Å². The van der Waals surface area contributed by atoms with E-state index in [9.17, 15) is 9.59 Å². The van der Waals surface area contributed by atoms with Crippen LogP contribution in [0.5, 0.6) is 5.75 Å².